The van der Waals surface area contributed by atoms with Crippen molar-refractivity contribution in [1.29, 1.82) is 0 Å². The maximum atomic E-state index is 12.2. The Hall–Kier alpha value is -1.97. The number of hydrogen-bond acceptors (Lipinski definition) is 7. The van der Waals surface area contributed by atoms with Crippen molar-refractivity contribution in [3.63, 3.8) is 0 Å². The van der Waals surface area contributed by atoms with Gasteiger partial charge in [0.15, 0.2) is 4.34 Å². The summed E-state index contributed by atoms with van der Waals surface area (Å²) < 4.78 is 5.84. The van der Waals surface area contributed by atoms with Gasteiger partial charge in [0.2, 0.25) is 10.9 Å². The van der Waals surface area contributed by atoms with Gasteiger partial charge in [-0.1, -0.05) is 40.8 Å². The van der Waals surface area contributed by atoms with Crippen LogP contribution >= 0.6 is 23.1 Å². The third kappa shape index (κ3) is 5.00. The average molecular weight is 378 g/mol. The highest BCUT2D eigenvalue weighted by Crippen LogP contribution is 2.23. The van der Waals surface area contributed by atoms with Crippen molar-refractivity contribution in [1.82, 2.24) is 15.1 Å². The molecule has 0 aliphatic carbocycles. The number of rotatable bonds is 5. The lowest BCUT2D eigenvalue weighted by Gasteiger charge is -2.26. The van der Waals surface area contributed by atoms with Gasteiger partial charge in [0.05, 0.1) is 19.0 Å². The van der Waals surface area contributed by atoms with Crippen LogP contribution < -0.4 is 5.32 Å². The van der Waals surface area contributed by atoms with E-state index in [1.165, 1.54) is 23.1 Å². The summed E-state index contributed by atoms with van der Waals surface area (Å²) in [6, 6.07) is 7.53. The van der Waals surface area contributed by atoms with Gasteiger partial charge >= 0.3 is 0 Å². The molecule has 25 heavy (non-hydrogen) atoms. The van der Waals surface area contributed by atoms with Gasteiger partial charge in [0.1, 0.15) is 0 Å². The molecule has 1 aliphatic heterocycles. The Morgan fingerprint density at radius 3 is 2.68 bits per heavy atom. The van der Waals surface area contributed by atoms with Crippen molar-refractivity contribution < 1.29 is 14.3 Å². The smallest absolute Gasteiger partial charge is 0.286 e. The molecule has 132 valence electrons. The van der Waals surface area contributed by atoms with Crippen LogP contribution in [-0.2, 0) is 9.53 Å². The van der Waals surface area contributed by atoms with Crippen LogP contribution in [0.1, 0.15) is 15.4 Å². The number of carbonyl (C=O) groups excluding carboxylic acids is 2. The van der Waals surface area contributed by atoms with E-state index >= 15 is 0 Å². The van der Waals surface area contributed by atoms with Gasteiger partial charge in [-0.2, -0.15) is 0 Å². The summed E-state index contributed by atoms with van der Waals surface area (Å²) >= 11 is 2.49. The first-order valence-electron chi connectivity index (χ1n) is 7.81. The fraction of sp³-hybridized carbons (Fsp3) is 0.375. The lowest BCUT2D eigenvalue weighted by Crippen LogP contribution is -2.41. The van der Waals surface area contributed by atoms with Gasteiger partial charge in [0, 0.05) is 18.8 Å². The van der Waals surface area contributed by atoms with Crippen LogP contribution in [0.3, 0.4) is 0 Å². The number of anilines is 1. The zero-order valence-corrected chi connectivity index (χ0v) is 15.4. The van der Waals surface area contributed by atoms with Gasteiger partial charge in [0.25, 0.3) is 5.91 Å². The van der Waals surface area contributed by atoms with Crippen molar-refractivity contribution in [3.8, 4) is 0 Å². The molecule has 1 aromatic heterocycles. The van der Waals surface area contributed by atoms with Gasteiger partial charge < -0.3 is 15.0 Å². The molecule has 2 heterocycles. The number of nitrogens with one attached hydrogen (secondary N) is 1. The molecule has 3 rings (SSSR count). The van der Waals surface area contributed by atoms with Crippen LogP contribution in [0.25, 0.3) is 0 Å². The summed E-state index contributed by atoms with van der Waals surface area (Å²) in [4.78, 5) is 26.1. The van der Waals surface area contributed by atoms with E-state index in [0.717, 1.165) is 5.56 Å². The summed E-state index contributed by atoms with van der Waals surface area (Å²) in [5.41, 5.74) is 1.83. The Kier molecular flexibility index (Phi) is 6.00. The fourth-order valence-corrected chi connectivity index (χ4v) is 3.86. The third-order valence-corrected chi connectivity index (χ3v) is 5.63. The predicted octanol–water partition coefficient (Wildman–Crippen LogP) is 2.05. The number of carbonyl (C=O) groups is 2. The molecule has 0 atom stereocenters. The number of aryl methyl sites for hydroxylation is 1. The molecule has 0 bridgehead atoms. The van der Waals surface area contributed by atoms with Crippen LogP contribution in [0.15, 0.2) is 28.6 Å². The summed E-state index contributed by atoms with van der Waals surface area (Å²) in [6.45, 7) is 4.40. The van der Waals surface area contributed by atoms with E-state index in [1.54, 1.807) is 4.90 Å². The van der Waals surface area contributed by atoms with Crippen molar-refractivity contribution in [2.75, 3.05) is 37.4 Å². The molecule has 1 aromatic carbocycles. The lowest BCUT2D eigenvalue weighted by atomic mass is 10.2. The number of nitrogens with zero attached hydrogens (tertiary/aromatic N) is 3. The molecular formula is C16H18N4O3S2. The SMILES string of the molecule is Cc1ccc(NC(=O)c2nnc(SCC(=O)N3CCOCC3)s2)cc1. The Morgan fingerprint density at radius 2 is 1.96 bits per heavy atom. The molecule has 0 radical (unpaired) electrons. The second-order valence-electron chi connectivity index (χ2n) is 5.48. The van der Waals surface area contributed by atoms with Crippen molar-refractivity contribution in [2.24, 2.45) is 0 Å². The number of morpholine rings is 1. The van der Waals surface area contributed by atoms with Crippen LogP contribution in [0.4, 0.5) is 5.69 Å². The standard InChI is InChI=1S/C16H18N4O3S2/c1-11-2-4-12(5-3-11)17-14(22)15-18-19-16(25-15)24-10-13(21)20-6-8-23-9-7-20/h2-5H,6-10H2,1H3,(H,17,22). The van der Waals surface area contributed by atoms with E-state index in [2.05, 4.69) is 15.5 Å². The average Bonchev–Trinajstić information content (AvgIpc) is 3.11. The maximum Gasteiger partial charge on any atom is 0.286 e. The molecular weight excluding hydrogens is 360 g/mol. The van der Waals surface area contributed by atoms with Crippen LogP contribution in [0.2, 0.25) is 0 Å². The number of amides is 2. The maximum absolute atomic E-state index is 12.2. The summed E-state index contributed by atoms with van der Waals surface area (Å²) in [7, 11) is 0. The Balaban J connectivity index is 1.52. The van der Waals surface area contributed by atoms with E-state index in [4.69, 9.17) is 4.74 Å². The minimum atomic E-state index is -0.298. The quantitative estimate of drug-likeness (QED) is 0.802. The Labute approximate surface area is 153 Å². The molecule has 2 aromatic rings. The number of hydrogen-bond donors (Lipinski definition) is 1. The largest absolute Gasteiger partial charge is 0.378 e. The monoisotopic (exact) mass is 378 g/mol. The predicted molar refractivity (Wildman–Crippen MR) is 97.2 cm³/mol. The van der Waals surface area contributed by atoms with Gasteiger partial charge in [-0.25, -0.2) is 0 Å². The molecule has 1 aliphatic rings. The number of ether oxygens (including phenoxy) is 1. The number of aromatic nitrogens is 2. The molecule has 1 saturated heterocycles. The van der Waals surface area contributed by atoms with Gasteiger partial charge in [-0.3, -0.25) is 9.59 Å². The molecule has 9 heteroatoms. The molecule has 1 fully saturated rings. The van der Waals surface area contributed by atoms with Crippen LogP contribution in [-0.4, -0.2) is 59.0 Å². The first kappa shape index (κ1) is 17.8. The second-order valence-corrected chi connectivity index (χ2v) is 7.68. The summed E-state index contributed by atoms with van der Waals surface area (Å²) in [6.07, 6.45) is 0. The van der Waals surface area contributed by atoms with E-state index in [1.807, 2.05) is 31.2 Å². The fourth-order valence-electron chi connectivity index (χ4n) is 2.21. The normalized spacial score (nSPS) is 14.4. The van der Waals surface area contributed by atoms with Crippen molar-refractivity contribution in [2.45, 2.75) is 11.3 Å². The first-order valence-corrected chi connectivity index (χ1v) is 9.62. The van der Waals surface area contributed by atoms with Crippen molar-refractivity contribution in [3.05, 3.63) is 34.8 Å². The highest BCUT2D eigenvalue weighted by molar-refractivity contribution is 8.01. The number of benzene rings is 1. The summed E-state index contributed by atoms with van der Waals surface area (Å²) in [5, 5.41) is 11.0. The van der Waals surface area contributed by atoms with E-state index in [-0.39, 0.29) is 22.6 Å². The van der Waals surface area contributed by atoms with E-state index in [9.17, 15) is 9.59 Å². The Bertz CT molecular complexity index is 742. The van der Waals surface area contributed by atoms with Crippen LogP contribution in [0.5, 0.6) is 0 Å². The van der Waals surface area contributed by atoms with Gasteiger partial charge in [-0.05, 0) is 19.1 Å². The highest BCUT2D eigenvalue weighted by atomic mass is 32.2. The minimum Gasteiger partial charge on any atom is -0.378 e. The molecule has 0 spiro atoms. The minimum absolute atomic E-state index is 0.0501. The van der Waals surface area contributed by atoms with Gasteiger partial charge in [-0.15, -0.1) is 10.2 Å². The summed E-state index contributed by atoms with van der Waals surface area (Å²) in [5.74, 6) is 0.0377. The van der Waals surface area contributed by atoms with E-state index in [0.29, 0.717) is 36.3 Å². The molecule has 2 amide bonds. The highest BCUT2D eigenvalue weighted by Gasteiger charge is 2.19. The molecule has 1 N–H and O–H groups in total. The zero-order chi connectivity index (χ0) is 17.6. The Morgan fingerprint density at radius 1 is 1.24 bits per heavy atom. The third-order valence-electron chi connectivity index (χ3n) is 3.59. The first-order chi connectivity index (χ1) is 12.1. The zero-order valence-electron chi connectivity index (χ0n) is 13.7. The lowest BCUT2D eigenvalue weighted by molar-refractivity contribution is -0.132. The number of thioether (sulfide) groups is 1. The topological polar surface area (TPSA) is 84.4 Å². The van der Waals surface area contributed by atoms with Crippen LogP contribution in [0, 0.1) is 6.92 Å². The van der Waals surface area contributed by atoms with E-state index < -0.39 is 0 Å². The second kappa shape index (κ2) is 8.41. The molecule has 0 saturated carbocycles. The van der Waals surface area contributed by atoms with Crippen molar-refractivity contribution >= 4 is 40.6 Å². The molecule has 0 unspecified atom stereocenters. The molecule has 7 nitrogen and oxygen atoms in total.